The summed E-state index contributed by atoms with van der Waals surface area (Å²) in [5.41, 5.74) is 0. The fourth-order valence-corrected chi connectivity index (χ4v) is 2.25. The van der Waals surface area contributed by atoms with E-state index in [0.717, 1.165) is 6.42 Å². The van der Waals surface area contributed by atoms with Crippen LogP contribution in [0.1, 0.15) is 26.2 Å². The van der Waals surface area contributed by atoms with Gasteiger partial charge in [0.05, 0.1) is 0 Å². The summed E-state index contributed by atoms with van der Waals surface area (Å²) in [6.45, 7) is 2.17. The van der Waals surface area contributed by atoms with Crippen molar-refractivity contribution >= 4 is 11.6 Å². The molecule has 0 saturated heterocycles. The highest BCUT2D eigenvalue weighted by Crippen LogP contribution is 2.30. The summed E-state index contributed by atoms with van der Waals surface area (Å²) < 4.78 is 1.67. The second-order valence-corrected chi connectivity index (χ2v) is 4.44. The molecule has 6 nitrogen and oxygen atoms in total. The Bertz CT molecular complexity index is 402. The Labute approximate surface area is 93.8 Å². The average molecular weight is 224 g/mol. The maximum absolute atomic E-state index is 10.8. The molecule has 2 rings (SSSR count). The van der Waals surface area contributed by atoms with Crippen LogP contribution in [0.2, 0.25) is 0 Å². The summed E-state index contributed by atoms with van der Waals surface area (Å²) in [5, 5.41) is 14.0. The quantitative estimate of drug-likeness (QED) is 0.629. The molecule has 0 radical (unpaired) electrons. The first-order chi connectivity index (χ1) is 7.59. The molecule has 0 spiro atoms. The monoisotopic (exact) mass is 224 g/mol. The Morgan fingerprint density at radius 3 is 2.94 bits per heavy atom. The first kappa shape index (κ1) is 10.9. The molecule has 1 aliphatic rings. The van der Waals surface area contributed by atoms with E-state index in [-0.39, 0.29) is 5.82 Å². The molecule has 1 fully saturated rings. The SMILES string of the molecule is CC1CCCC1Nc1c([N+](=O)[O-])ncn1C. The van der Waals surface area contributed by atoms with Crippen LogP contribution in [0, 0.1) is 16.0 Å². The Balaban J connectivity index is 2.19. The molecular weight excluding hydrogens is 208 g/mol. The molecule has 1 aromatic rings. The fraction of sp³-hybridized carbons (Fsp3) is 0.700. The van der Waals surface area contributed by atoms with E-state index in [1.165, 1.54) is 19.2 Å². The Morgan fingerprint density at radius 2 is 2.38 bits per heavy atom. The van der Waals surface area contributed by atoms with Crippen LogP contribution in [0.25, 0.3) is 0 Å². The zero-order valence-corrected chi connectivity index (χ0v) is 9.51. The summed E-state index contributed by atoms with van der Waals surface area (Å²) in [4.78, 5) is 14.1. The van der Waals surface area contributed by atoms with Gasteiger partial charge in [0.2, 0.25) is 12.1 Å². The van der Waals surface area contributed by atoms with Crippen LogP contribution in [0.3, 0.4) is 0 Å². The molecule has 0 amide bonds. The molecule has 16 heavy (non-hydrogen) atoms. The standard InChI is InChI=1S/C10H16N4O2/c1-7-4-3-5-8(7)12-10-9(14(15)16)11-6-13(10)2/h6-8,12H,3-5H2,1-2H3. The predicted molar refractivity (Wildman–Crippen MR) is 60.3 cm³/mol. The number of nitrogens with one attached hydrogen (secondary N) is 1. The van der Waals surface area contributed by atoms with Crippen LogP contribution in [0.4, 0.5) is 11.6 Å². The van der Waals surface area contributed by atoms with Gasteiger partial charge in [-0.25, -0.2) is 0 Å². The van der Waals surface area contributed by atoms with E-state index >= 15 is 0 Å². The summed E-state index contributed by atoms with van der Waals surface area (Å²) in [6.07, 6.45) is 4.91. The van der Waals surface area contributed by atoms with E-state index in [9.17, 15) is 10.1 Å². The predicted octanol–water partition coefficient (Wildman–Crippen LogP) is 1.93. The molecule has 1 saturated carbocycles. The number of anilines is 1. The molecule has 0 aromatic carbocycles. The van der Waals surface area contributed by atoms with Crippen molar-refractivity contribution in [3.63, 3.8) is 0 Å². The minimum absolute atomic E-state index is 0.0819. The number of aromatic nitrogens is 2. The Kier molecular flexibility index (Phi) is 2.80. The van der Waals surface area contributed by atoms with Crippen molar-refractivity contribution in [3.05, 3.63) is 16.4 Å². The number of hydrogen-bond acceptors (Lipinski definition) is 4. The van der Waals surface area contributed by atoms with E-state index in [2.05, 4.69) is 17.2 Å². The van der Waals surface area contributed by atoms with Crippen LogP contribution < -0.4 is 5.32 Å². The minimum Gasteiger partial charge on any atom is -0.361 e. The summed E-state index contributed by atoms with van der Waals surface area (Å²) in [5.74, 6) is 1.000. The van der Waals surface area contributed by atoms with E-state index in [1.807, 2.05) is 0 Å². The molecule has 1 aromatic heterocycles. The van der Waals surface area contributed by atoms with Gasteiger partial charge in [-0.1, -0.05) is 13.3 Å². The molecule has 6 heteroatoms. The molecule has 0 bridgehead atoms. The molecule has 1 heterocycles. The van der Waals surface area contributed by atoms with E-state index in [1.54, 1.807) is 11.6 Å². The third-order valence-electron chi connectivity index (χ3n) is 3.27. The highest BCUT2D eigenvalue weighted by Gasteiger charge is 2.28. The topological polar surface area (TPSA) is 73.0 Å². The number of aryl methyl sites for hydroxylation is 1. The molecule has 88 valence electrons. The Morgan fingerprint density at radius 1 is 1.62 bits per heavy atom. The van der Waals surface area contributed by atoms with Gasteiger partial charge in [0.25, 0.3) is 0 Å². The molecule has 1 N–H and O–H groups in total. The molecule has 2 atom stereocenters. The van der Waals surface area contributed by atoms with Crippen molar-refractivity contribution in [1.82, 2.24) is 9.55 Å². The first-order valence-corrected chi connectivity index (χ1v) is 5.52. The third kappa shape index (κ3) is 1.87. The van der Waals surface area contributed by atoms with Gasteiger partial charge >= 0.3 is 5.82 Å². The lowest BCUT2D eigenvalue weighted by Crippen LogP contribution is -2.23. The second-order valence-electron chi connectivity index (χ2n) is 4.44. The number of nitro groups is 1. The minimum atomic E-state index is -0.443. The van der Waals surface area contributed by atoms with Crippen molar-refractivity contribution in [2.24, 2.45) is 13.0 Å². The maximum atomic E-state index is 10.8. The van der Waals surface area contributed by atoms with E-state index in [4.69, 9.17) is 0 Å². The fourth-order valence-electron chi connectivity index (χ4n) is 2.25. The van der Waals surface area contributed by atoms with E-state index < -0.39 is 4.92 Å². The zero-order chi connectivity index (χ0) is 11.7. The normalized spacial score (nSPS) is 24.6. The van der Waals surface area contributed by atoms with Crippen LogP contribution in [-0.2, 0) is 7.05 Å². The van der Waals surface area contributed by atoms with Crippen molar-refractivity contribution in [2.75, 3.05) is 5.32 Å². The van der Waals surface area contributed by atoms with Gasteiger partial charge in [-0.3, -0.25) is 4.57 Å². The van der Waals surface area contributed by atoms with Crippen LogP contribution in [0.5, 0.6) is 0 Å². The summed E-state index contributed by atoms with van der Waals surface area (Å²) in [6, 6.07) is 0.328. The summed E-state index contributed by atoms with van der Waals surface area (Å²) >= 11 is 0. The van der Waals surface area contributed by atoms with Crippen LogP contribution in [-0.4, -0.2) is 20.5 Å². The third-order valence-corrected chi connectivity index (χ3v) is 3.27. The van der Waals surface area contributed by atoms with Gasteiger partial charge < -0.3 is 15.4 Å². The maximum Gasteiger partial charge on any atom is 0.406 e. The number of imidazole rings is 1. The number of hydrogen-bond donors (Lipinski definition) is 1. The van der Waals surface area contributed by atoms with Crippen molar-refractivity contribution in [1.29, 1.82) is 0 Å². The van der Waals surface area contributed by atoms with Gasteiger partial charge in [0.15, 0.2) is 0 Å². The van der Waals surface area contributed by atoms with Crippen molar-refractivity contribution < 1.29 is 4.92 Å². The lowest BCUT2D eigenvalue weighted by molar-refractivity contribution is -0.388. The highest BCUT2D eigenvalue weighted by molar-refractivity contribution is 5.52. The van der Waals surface area contributed by atoms with Gasteiger partial charge in [-0.15, -0.1) is 0 Å². The van der Waals surface area contributed by atoms with Crippen molar-refractivity contribution in [2.45, 2.75) is 32.2 Å². The van der Waals surface area contributed by atoms with Crippen molar-refractivity contribution in [3.8, 4) is 0 Å². The number of rotatable bonds is 3. The lowest BCUT2D eigenvalue weighted by Gasteiger charge is -2.17. The first-order valence-electron chi connectivity index (χ1n) is 5.52. The van der Waals surface area contributed by atoms with Crippen LogP contribution in [0.15, 0.2) is 6.33 Å². The largest absolute Gasteiger partial charge is 0.406 e. The molecule has 1 aliphatic carbocycles. The Hall–Kier alpha value is -1.59. The lowest BCUT2D eigenvalue weighted by atomic mass is 10.1. The smallest absolute Gasteiger partial charge is 0.361 e. The van der Waals surface area contributed by atoms with E-state index in [0.29, 0.717) is 17.8 Å². The average Bonchev–Trinajstić information content (AvgIpc) is 2.76. The van der Waals surface area contributed by atoms with Gasteiger partial charge in [0, 0.05) is 13.1 Å². The second kappa shape index (κ2) is 4.11. The molecule has 2 unspecified atom stereocenters. The molecule has 0 aliphatic heterocycles. The van der Waals surface area contributed by atoms with Crippen LogP contribution >= 0.6 is 0 Å². The number of nitrogens with zero attached hydrogens (tertiary/aromatic N) is 3. The van der Waals surface area contributed by atoms with Gasteiger partial charge in [-0.2, -0.15) is 0 Å². The van der Waals surface area contributed by atoms with Gasteiger partial charge in [0.1, 0.15) is 0 Å². The summed E-state index contributed by atoms with van der Waals surface area (Å²) in [7, 11) is 1.77. The molecular formula is C10H16N4O2. The highest BCUT2D eigenvalue weighted by atomic mass is 16.6. The van der Waals surface area contributed by atoms with Gasteiger partial charge in [-0.05, 0) is 28.7 Å². The zero-order valence-electron chi connectivity index (χ0n) is 9.51.